The van der Waals surface area contributed by atoms with Gasteiger partial charge in [0.1, 0.15) is 0 Å². The molecule has 2 heterocycles. The molecule has 0 aromatic carbocycles. The minimum atomic E-state index is -0.0703. The minimum Gasteiger partial charge on any atom is -0.351 e. The summed E-state index contributed by atoms with van der Waals surface area (Å²) in [5.74, 6) is -0.0703. The van der Waals surface area contributed by atoms with Crippen LogP contribution in [0.3, 0.4) is 0 Å². The summed E-state index contributed by atoms with van der Waals surface area (Å²) in [7, 11) is 2.17. The van der Waals surface area contributed by atoms with Crippen LogP contribution in [-0.2, 0) is 6.42 Å². The standard InChI is InChI=1S/C16H29N5O/c1-5-14-13(3)15(19-18-14)16(22)17-7-6-12(2)21-10-8-20(4)9-11-21/h12H,5-11H2,1-4H3,(H,17,22)(H,18,19)/t12-/m0/s1. The van der Waals surface area contributed by atoms with Crippen LogP contribution >= 0.6 is 0 Å². The molecule has 0 unspecified atom stereocenters. The summed E-state index contributed by atoms with van der Waals surface area (Å²) in [6, 6.07) is 0.500. The van der Waals surface area contributed by atoms with E-state index >= 15 is 0 Å². The molecule has 2 rings (SSSR count). The number of aryl methyl sites for hydroxylation is 1. The summed E-state index contributed by atoms with van der Waals surface area (Å²) < 4.78 is 0. The first-order chi connectivity index (χ1) is 10.5. The van der Waals surface area contributed by atoms with Gasteiger partial charge in [0.05, 0.1) is 0 Å². The average Bonchev–Trinajstić information content (AvgIpc) is 2.88. The van der Waals surface area contributed by atoms with Crippen LogP contribution in [0.5, 0.6) is 0 Å². The van der Waals surface area contributed by atoms with Crippen LogP contribution in [0.2, 0.25) is 0 Å². The molecule has 1 aromatic rings. The summed E-state index contributed by atoms with van der Waals surface area (Å²) in [6.45, 7) is 11.4. The number of carbonyl (C=O) groups excluding carboxylic acids is 1. The Morgan fingerprint density at radius 3 is 2.64 bits per heavy atom. The van der Waals surface area contributed by atoms with E-state index < -0.39 is 0 Å². The van der Waals surface area contributed by atoms with E-state index in [4.69, 9.17) is 0 Å². The van der Waals surface area contributed by atoms with Gasteiger partial charge in [0.2, 0.25) is 0 Å². The molecule has 0 radical (unpaired) electrons. The third-order valence-electron chi connectivity index (χ3n) is 4.69. The van der Waals surface area contributed by atoms with Crippen molar-refractivity contribution in [3.05, 3.63) is 17.0 Å². The Balaban J connectivity index is 1.75. The van der Waals surface area contributed by atoms with Crippen molar-refractivity contribution in [1.82, 2.24) is 25.3 Å². The van der Waals surface area contributed by atoms with Crippen LogP contribution in [0.15, 0.2) is 0 Å². The molecule has 1 atom stereocenters. The summed E-state index contributed by atoms with van der Waals surface area (Å²) in [4.78, 5) is 17.0. The topological polar surface area (TPSA) is 64.3 Å². The molecule has 0 aliphatic carbocycles. The number of rotatable bonds is 6. The molecular weight excluding hydrogens is 278 g/mol. The molecule has 1 fully saturated rings. The molecule has 1 saturated heterocycles. The Labute approximate surface area is 133 Å². The molecule has 6 heteroatoms. The third-order valence-corrected chi connectivity index (χ3v) is 4.69. The Morgan fingerprint density at radius 1 is 1.36 bits per heavy atom. The summed E-state index contributed by atoms with van der Waals surface area (Å²) >= 11 is 0. The SMILES string of the molecule is CCc1[nH]nc(C(=O)NCC[C@H](C)N2CCN(C)CC2)c1C. The van der Waals surface area contributed by atoms with Gasteiger partial charge < -0.3 is 10.2 Å². The van der Waals surface area contributed by atoms with Gasteiger partial charge in [0, 0.05) is 50.0 Å². The highest BCUT2D eigenvalue weighted by Gasteiger charge is 2.19. The number of hydrogen-bond donors (Lipinski definition) is 2. The maximum atomic E-state index is 12.2. The highest BCUT2D eigenvalue weighted by atomic mass is 16.1. The van der Waals surface area contributed by atoms with Gasteiger partial charge in [0.15, 0.2) is 5.69 Å². The van der Waals surface area contributed by atoms with E-state index in [0.717, 1.165) is 50.3 Å². The van der Waals surface area contributed by atoms with Crippen LogP contribution in [-0.4, -0.2) is 71.7 Å². The number of nitrogens with zero attached hydrogens (tertiary/aromatic N) is 3. The van der Waals surface area contributed by atoms with E-state index in [-0.39, 0.29) is 5.91 Å². The van der Waals surface area contributed by atoms with E-state index in [2.05, 4.69) is 46.2 Å². The largest absolute Gasteiger partial charge is 0.351 e. The maximum absolute atomic E-state index is 12.2. The van der Waals surface area contributed by atoms with Crippen LogP contribution in [0.1, 0.15) is 42.0 Å². The van der Waals surface area contributed by atoms with Crippen molar-refractivity contribution >= 4 is 5.91 Å². The smallest absolute Gasteiger partial charge is 0.272 e. The van der Waals surface area contributed by atoms with Gasteiger partial charge in [-0.05, 0) is 33.7 Å². The van der Waals surface area contributed by atoms with E-state index in [1.807, 2.05) is 6.92 Å². The van der Waals surface area contributed by atoms with E-state index in [1.54, 1.807) is 0 Å². The predicted molar refractivity (Wildman–Crippen MR) is 88.2 cm³/mol. The molecule has 2 N–H and O–H groups in total. The quantitative estimate of drug-likeness (QED) is 0.824. The second-order valence-corrected chi connectivity index (χ2v) is 6.26. The fourth-order valence-corrected chi connectivity index (χ4v) is 2.92. The number of piperazine rings is 1. The van der Waals surface area contributed by atoms with Crippen molar-refractivity contribution < 1.29 is 4.79 Å². The van der Waals surface area contributed by atoms with Crippen molar-refractivity contribution in [1.29, 1.82) is 0 Å². The van der Waals surface area contributed by atoms with Gasteiger partial charge in [-0.25, -0.2) is 0 Å². The summed E-state index contributed by atoms with van der Waals surface area (Å²) in [6.07, 6.45) is 1.84. The van der Waals surface area contributed by atoms with Gasteiger partial charge in [-0.1, -0.05) is 6.92 Å². The number of aromatic amines is 1. The van der Waals surface area contributed by atoms with Gasteiger partial charge in [-0.15, -0.1) is 0 Å². The lowest BCUT2D eigenvalue weighted by Gasteiger charge is -2.36. The van der Waals surface area contributed by atoms with Crippen LogP contribution in [0.4, 0.5) is 0 Å². The zero-order valence-electron chi connectivity index (χ0n) is 14.3. The molecule has 1 aliphatic rings. The third kappa shape index (κ3) is 4.08. The minimum absolute atomic E-state index is 0.0703. The van der Waals surface area contributed by atoms with Crippen LogP contribution in [0.25, 0.3) is 0 Å². The number of H-pyrrole nitrogens is 1. The Morgan fingerprint density at radius 2 is 2.05 bits per heavy atom. The second-order valence-electron chi connectivity index (χ2n) is 6.26. The fraction of sp³-hybridized carbons (Fsp3) is 0.750. The average molecular weight is 307 g/mol. The number of nitrogens with one attached hydrogen (secondary N) is 2. The molecule has 0 spiro atoms. The monoisotopic (exact) mass is 307 g/mol. The highest BCUT2D eigenvalue weighted by molar-refractivity contribution is 5.93. The van der Waals surface area contributed by atoms with Gasteiger partial charge in [-0.3, -0.25) is 14.8 Å². The van der Waals surface area contributed by atoms with E-state index in [9.17, 15) is 4.79 Å². The van der Waals surface area contributed by atoms with Crippen LogP contribution < -0.4 is 5.32 Å². The highest BCUT2D eigenvalue weighted by Crippen LogP contribution is 2.11. The van der Waals surface area contributed by atoms with E-state index in [0.29, 0.717) is 18.3 Å². The second kappa shape index (κ2) is 7.74. The first-order valence-corrected chi connectivity index (χ1v) is 8.27. The Hall–Kier alpha value is -1.40. The number of hydrogen-bond acceptors (Lipinski definition) is 4. The summed E-state index contributed by atoms with van der Waals surface area (Å²) in [5, 5.41) is 10.1. The Bertz CT molecular complexity index is 491. The number of likely N-dealkylation sites (N-methyl/N-ethyl adjacent to an activating group) is 1. The predicted octanol–water partition coefficient (Wildman–Crippen LogP) is 1.04. The fourth-order valence-electron chi connectivity index (χ4n) is 2.92. The molecule has 1 amide bonds. The van der Waals surface area contributed by atoms with Crippen molar-refractivity contribution in [2.45, 2.75) is 39.7 Å². The van der Waals surface area contributed by atoms with Crippen molar-refractivity contribution in [3.8, 4) is 0 Å². The zero-order valence-corrected chi connectivity index (χ0v) is 14.3. The van der Waals surface area contributed by atoms with Gasteiger partial charge >= 0.3 is 0 Å². The van der Waals surface area contributed by atoms with Gasteiger partial charge in [0.25, 0.3) is 5.91 Å². The lowest BCUT2D eigenvalue weighted by atomic mass is 10.1. The van der Waals surface area contributed by atoms with Crippen LogP contribution in [0, 0.1) is 6.92 Å². The van der Waals surface area contributed by atoms with Crippen molar-refractivity contribution in [2.75, 3.05) is 39.8 Å². The number of amides is 1. The molecule has 1 aliphatic heterocycles. The van der Waals surface area contributed by atoms with Gasteiger partial charge in [-0.2, -0.15) is 5.10 Å². The lowest BCUT2D eigenvalue weighted by molar-refractivity contribution is 0.0929. The molecule has 0 bridgehead atoms. The molecular formula is C16H29N5O. The number of aromatic nitrogens is 2. The molecule has 0 saturated carbocycles. The number of carbonyl (C=O) groups is 1. The zero-order chi connectivity index (χ0) is 16.1. The normalized spacial score (nSPS) is 18.4. The lowest BCUT2D eigenvalue weighted by Crippen LogP contribution is -2.48. The first-order valence-electron chi connectivity index (χ1n) is 8.27. The molecule has 22 heavy (non-hydrogen) atoms. The molecule has 124 valence electrons. The van der Waals surface area contributed by atoms with E-state index in [1.165, 1.54) is 0 Å². The van der Waals surface area contributed by atoms with Crippen molar-refractivity contribution in [2.24, 2.45) is 0 Å². The molecule has 6 nitrogen and oxygen atoms in total. The summed E-state index contributed by atoms with van der Waals surface area (Å²) in [5.41, 5.74) is 2.53. The van der Waals surface area contributed by atoms with Crippen molar-refractivity contribution in [3.63, 3.8) is 0 Å². The molecule has 1 aromatic heterocycles. The Kier molecular flexibility index (Phi) is 5.97. The first kappa shape index (κ1) is 17.0. The maximum Gasteiger partial charge on any atom is 0.272 e.